The molecular formula is C39H55N7O11S2. The van der Waals surface area contributed by atoms with Gasteiger partial charge >= 0.3 is 5.97 Å². The van der Waals surface area contributed by atoms with Crippen LogP contribution in [0.2, 0.25) is 0 Å². The lowest BCUT2D eigenvalue weighted by atomic mass is 10.0. The number of benzene rings is 2. The molecule has 0 spiro atoms. The highest BCUT2D eigenvalue weighted by molar-refractivity contribution is 7.93. The van der Waals surface area contributed by atoms with E-state index in [0.29, 0.717) is 69.6 Å². The van der Waals surface area contributed by atoms with E-state index in [0.717, 1.165) is 22.6 Å². The van der Waals surface area contributed by atoms with Gasteiger partial charge < -0.3 is 29.8 Å². The number of aliphatic carboxylic acids is 1. The number of methoxy groups -OCH3 is 2. The van der Waals surface area contributed by atoms with Crippen molar-refractivity contribution in [3.63, 3.8) is 0 Å². The second-order valence-electron chi connectivity index (χ2n) is 15.2. The molecule has 2 aromatic carbocycles. The van der Waals surface area contributed by atoms with Crippen molar-refractivity contribution in [2.75, 3.05) is 57.9 Å². The number of nitrogens with two attached hydrogens (primary N) is 1. The lowest BCUT2D eigenvalue weighted by Gasteiger charge is -2.28. The van der Waals surface area contributed by atoms with E-state index in [1.807, 2.05) is 36.4 Å². The van der Waals surface area contributed by atoms with Crippen LogP contribution in [0.4, 0.5) is 5.95 Å². The quantitative estimate of drug-likeness (QED) is 0.140. The van der Waals surface area contributed by atoms with Crippen molar-refractivity contribution in [2.45, 2.75) is 69.3 Å². The van der Waals surface area contributed by atoms with Gasteiger partial charge in [-0.3, -0.25) is 19.8 Å². The normalized spacial score (nSPS) is 15.6. The van der Waals surface area contributed by atoms with Crippen LogP contribution in [-0.2, 0) is 45.2 Å². The third-order valence-corrected chi connectivity index (χ3v) is 15.7. The number of anilines is 1. The summed E-state index contributed by atoms with van der Waals surface area (Å²) < 4.78 is 67.1. The predicted molar refractivity (Wildman–Crippen MR) is 220 cm³/mol. The number of nitrogens with zero attached hydrogens (tertiary/aromatic N) is 4. The molecule has 2 aliphatic heterocycles. The molecule has 6 rings (SSSR count). The molecule has 324 valence electrons. The van der Waals surface area contributed by atoms with Crippen LogP contribution in [0.1, 0.15) is 59.2 Å². The van der Waals surface area contributed by atoms with Crippen molar-refractivity contribution in [3.05, 3.63) is 54.4 Å². The molecule has 0 unspecified atom stereocenters. The lowest BCUT2D eigenvalue weighted by Crippen LogP contribution is -2.45. The minimum absolute atomic E-state index is 0.00258. The molecule has 18 nitrogen and oxygen atoms in total. The summed E-state index contributed by atoms with van der Waals surface area (Å²) in [6.45, 7) is 7.70. The van der Waals surface area contributed by atoms with E-state index in [1.165, 1.54) is 27.7 Å². The summed E-state index contributed by atoms with van der Waals surface area (Å²) >= 11 is 0. The topological polar surface area (TPSA) is 269 Å². The molecule has 0 aliphatic carbocycles. The molecule has 2 fully saturated rings. The van der Waals surface area contributed by atoms with Crippen LogP contribution in [0.15, 0.2) is 48.5 Å². The number of rotatable bonds is 14. The molecule has 5 N–H and O–H groups in total. The first-order valence-electron chi connectivity index (χ1n) is 19.0. The van der Waals surface area contributed by atoms with Crippen molar-refractivity contribution in [1.82, 2.24) is 30.4 Å². The summed E-state index contributed by atoms with van der Waals surface area (Å²) in [5.74, 6) is 1.52. The molecule has 0 amide bonds. The number of aromatic nitrogens is 6. The Morgan fingerprint density at radius 1 is 0.729 bits per heavy atom. The fourth-order valence-electron chi connectivity index (χ4n) is 5.93. The number of nitrogens with one attached hydrogen (secondary N) is 2. The number of carbonyl (C=O) groups is 2. The van der Waals surface area contributed by atoms with Crippen LogP contribution in [0.3, 0.4) is 0 Å². The number of ketones is 1. The summed E-state index contributed by atoms with van der Waals surface area (Å²) in [4.78, 5) is 32.1. The van der Waals surface area contributed by atoms with E-state index in [2.05, 4.69) is 30.4 Å². The van der Waals surface area contributed by atoms with Crippen LogP contribution >= 0.6 is 0 Å². The van der Waals surface area contributed by atoms with Crippen molar-refractivity contribution in [3.8, 4) is 34.3 Å². The summed E-state index contributed by atoms with van der Waals surface area (Å²) in [5, 5.41) is 22.3. The number of sulfone groups is 2. The average molecular weight is 862 g/mol. The Bertz CT molecular complexity index is 2190. The second kappa shape index (κ2) is 20.4. The van der Waals surface area contributed by atoms with Crippen LogP contribution in [-0.4, -0.2) is 126 Å². The number of Topliss-reactive ketones (excluding diaryl/α,β-unsaturated/α-hetero) is 1. The summed E-state index contributed by atoms with van der Waals surface area (Å²) in [7, 11) is -4.01. The van der Waals surface area contributed by atoms with E-state index < -0.39 is 40.9 Å². The third-order valence-electron chi connectivity index (χ3n) is 10.4. The van der Waals surface area contributed by atoms with Crippen LogP contribution in [0, 0.1) is 11.8 Å². The molecular weight excluding hydrogens is 807 g/mol. The monoisotopic (exact) mass is 861 g/mol. The van der Waals surface area contributed by atoms with Gasteiger partial charge in [0.1, 0.15) is 22.1 Å². The highest BCUT2D eigenvalue weighted by Gasteiger charge is 2.44. The summed E-state index contributed by atoms with van der Waals surface area (Å²) in [5.41, 5.74) is 7.09. The average Bonchev–Trinajstić information content (AvgIpc) is 3.87. The van der Waals surface area contributed by atoms with E-state index in [1.54, 1.807) is 26.4 Å². The molecule has 2 saturated heterocycles. The molecule has 4 heterocycles. The van der Waals surface area contributed by atoms with Gasteiger partial charge in [-0.15, -0.1) is 5.10 Å². The van der Waals surface area contributed by atoms with Gasteiger partial charge in [-0.1, -0.05) is 0 Å². The maximum Gasteiger partial charge on any atom is 0.324 e. The number of H-pyrrole nitrogens is 2. The van der Waals surface area contributed by atoms with Crippen molar-refractivity contribution < 1.29 is 50.5 Å². The fourth-order valence-corrected chi connectivity index (χ4v) is 9.36. The molecule has 2 aliphatic rings. The van der Waals surface area contributed by atoms with Crippen molar-refractivity contribution in [2.24, 2.45) is 11.8 Å². The fraction of sp³-hybridized carbons (Fsp3) is 0.538. The van der Waals surface area contributed by atoms with Gasteiger partial charge in [0.15, 0.2) is 41.9 Å². The first kappa shape index (κ1) is 46.8. The highest BCUT2D eigenvalue weighted by Crippen LogP contribution is 2.28. The van der Waals surface area contributed by atoms with Crippen LogP contribution in [0.5, 0.6) is 11.5 Å². The standard InChI is InChI=1S/C20H27N3O5S.C10H18O5S.C9H10N4O/c1-20(2,29(25,26)13-14-8-10-28-11-9-14)17(24)12-18-21-19(23-22-18)15-4-6-16(27-3)7-5-15;1-10(2,9(11)12)16(13,14)7-8-3-5-15-6-4-8;1-14-7-4-2-6(3-5-7)8-11-9(10)13-12-8/h4-7,14H,8-13H2,1-3H3,(H,21,22,23);8H,3-7H2,1-2H3,(H,11,12);2-5H,1H3,(H3,10,11,12,13). The van der Waals surface area contributed by atoms with Gasteiger partial charge in [0.05, 0.1) is 32.1 Å². The minimum atomic E-state index is -3.61. The molecule has 20 heteroatoms. The number of carbonyl (C=O) groups excluding carboxylic acids is 1. The first-order chi connectivity index (χ1) is 27.8. The molecule has 4 aromatic rings. The second-order valence-corrected chi connectivity index (χ2v) is 20.4. The predicted octanol–water partition coefficient (Wildman–Crippen LogP) is 3.97. The van der Waals surface area contributed by atoms with Gasteiger partial charge in [-0.05, 0) is 114 Å². The largest absolute Gasteiger partial charge is 0.497 e. The zero-order chi connectivity index (χ0) is 43.4. The first-order valence-corrected chi connectivity index (χ1v) is 22.3. The molecule has 0 saturated carbocycles. The van der Waals surface area contributed by atoms with E-state index in [-0.39, 0.29) is 35.7 Å². The molecule has 2 aromatic heterocycles. The SMILES string of the molecule is CC(C)(C(=O)O)S(=O)(=O)CC1CCOCC1.COc1ccc(-c2n[nH]c(CC(=O)C(C)(C)S(=O)(=O)CC3CCOCC3)n2)cc1.COc1ccc(-c2nc(N)n[nH]2)cc1. The Labute approximate surface area is 344 Å². The summed E-state index contributed by atoms with van der Waals surface area (Å²) in [6, 6.07) is 14.7. The number of carboxylic acid groups (broad SMARTS) is 1. The van der Waals surface area contributed by atoms with Gasteiger partial charge in [-0.25, -0.2) is 21.8 Å². The third kappa shape index (κ3) is 12.5. The molecule has 0 radical (unpaired) electrons. The molecule has 59 heavy (non-hydrogen) atoms. The Kier molecular flexibility index (Phi) is 16.1. The number of carboxylic acids is 1. The van der Waals surface area contributed by atoms with E-state index in [9.17, 15) is 26.4 Å². The van der Waals surface area contributed by atoms with E-state index >= 15 is 0 Å². The number of hydrogen-bond donors (Lipinski definition) is 4. The Balaban J connectivity index is 0.000000216. The maximum atomic E-state index is 12.9. The summed E-state index contributed by atoms with van der Waals surface area (Å²) in [6.07, 6.45) is 2.67. The van der Waals surface area contributed by atoms with Crippen LogP contribution in [0.25, 0.3) is 22.8 Å². The highest BCUT2D eigenvalue weighted by atomic mass is 32.2. The molecule has 0 bridgehead atoms. The number of aromatic amines is 2. The van der Waals surface area contributed by atoms with Gasteiger partial charge in [0, 0.05) is 37.6 Å². The van der Waals surface area contributed by atoms with Gasteiger partial charge in [0.25, 0.3) is 0 Å². The Morgan fingerprint density at radius 3 is 1.61 bits per heavy atom. The van der Waals surface area contributed by atoms with Crippen molar-refractivity contribution >= 4 is 37.4 Å². The zero-order valence-corrected chi connectivity index (χ0v) is 35.9. The zero-order valence-electron chi connectivity index (χ0n) is 34.3. The Morgan fingerprint density at radius 2 is 1.19 bits per heavy atom. The lowest BCUT2D eigenvalue weighted by molar-refractivity contribution is -0.139. The molecule has 0 atom stereocenters. The van der Waals surface area contributed by atoms with Crippen LogP contribution < -0.4 is 15.2 Å². The number of hydrogen-bond acceptors (Lipinski definition) is 15. The number of nitrogen functional groups attached to an aromatic ring is 1. The van der Waals surface area contributed by atoms with Gasteiger partial charge in [-0.2, -0.15) is 10.1 Å². The van der Waals surface area contributed by atoms with Crippen molar-refractivity contribution in [1.29, 1.82) is 0 Å². The minimum Gasteiger partial charge on any atom is -0.497 e. The number of ether oxygens (including phenoxy) is 4. The van der Waals surface area contributed by atoms with E-state index in [4.69, 9.17) is 29.8 Å². The smallest absolute Gasteiger partial charge is 0.324 e. The maximum absolute atomic E-state index is 12.9. The van der Waals surface area contributed by atoms with Gasteiger partial charge in [0.2, 0.25) is 5.95 Å². The Hall–Kier alpha value is -4.92.